The summed E-state index contributed by atoms with van der Waals surface area (Å²) in [6, 6.07) is 6.45. The summed E-state index contributed by atoms with van der Waals surface area (Å²) in [6.07, 6.45) is 1.57. The predicted molar refractivity (Wildman–Crippen MR) is 64.4 cm³/mol. The molecule has 0 spiro atoms. The van der Waals surface area contributed by atoms with Gasteiger partial charge in [-0.1, -0.05) is 12.1 Å². The number of benzene rings is 1. The molecule has 2 aromatic rings. The van der Waals surface area contributed by atoms with E-state index in [2.05, 4.69) is 9.72 Å². The van der Waals surface area contributed by atoms with Crippen LogP contribution in [0.4, 0.5) is 14.6 Å². The number of alkyl halides is 2. The van der Waals surface area contributed by atoms with Crippen molar-refractivity contribution >= 4 is 5.82 Å². The number of ether oxygens (including phenoxy) is 1. The van der Waals surface area contributed by atoms with Crippen molar-refractivity contribution < 1.29 is 13.5 Å². The fourth-order valence-corrected chi connectivity index (χ4v) is 1.71. The van der Waals surface area contributed by atoms with E-state index in [0.29, 0.717) is 23.6 Å². The zero-order valence-electron chi connectivity index (χ0n) is 9.81. The minimum Gasteiger partial charge on any atom is -0.434 e. The fraction of sp³-hybridized carbons (Fsp3) is 0.250. The molecule has 0 amide bonds. The Balaban J connectivity index is 2.46. The third-order valence-electron chi connectivity index (χ3n) is 2.58. The standard InChI is InChI=1S/C12H13F2N3O/c1-2-17-7-16-10(11(17)15)8-5-3-4-6-9(8)18-12(13)14/h3-7,12H,2,15H2,1H3. The number of nitrogens with two attached hydrogens (primary N) is 1. The van der Waals surface area contributed by atoms with Crippen molar-refractivity contribution in [2.75, 3.05) is 5.73 Å². The van der Waals surface area contributed by atoms with Crippen LogP contribution in [-0.2, 0) is 6.54 Å². The number of aryl methyl sites for hydroxylation is 1. The van der Waals surface area contributed by atoms with Crippen LogP contribution in [-0.4, -0.2) is 16.2 Å². The van der Waals surface area contributed by atoms with Crippen LogP contribution >= 0.6 is 0 Å². The lowest BCUT2D eigenvalue weighted by atomic mass is 10.1. The van der Waals surface area contributed by atoms with Gasteiger partial charge < -0.3 is 15.0 Å². The molecule has 1 aromatic carbocycles. The van der Waals surface area contributed by atoms with Gasteiger partial charge >= 0.3 is 6.61 Å². The Hall–Kier alpha value is -2.11. The minimum absolute atomic E-state index is 0.0700. The van der Waals surface area contributed by atoms with Crippen LogP contribution in [0.25, 0.3) is 11.3 Å². The van der Waals surface area contributed by atoms with E-state index in [4.69, 9.17) is 5.73 Å². The zero-order valence-corrected chi connectivity index (χ0v) is 9.81. The molecular formula is C12H13F2N3O. The molecule has 4 nitrogen and oxygen atoms in total. The van der Waals surface area contributed by atoms with E-state index in [9.17, 15) is 8.78 Å². The van der Waals surface area contributed by atoms with E-state index in [0.717, 1.165) is 0 Å². The van der Waals surface area contributed by atoms with Crippen molar-refractivity contribution in [2.24, 2.45) is 0 Å². The van der Waals surface area contributed by atoms with E-state index in [1.165, 1.54) is 6.07 Å². The van der Waals surface area contributed by atoms with Crippen molar-refractivity contribution in [3.8, 4) is 17.0 Å². The topological polar surface area (TPSA) is 53.1 Å². The summed E-state index contributed by atoms with van der Waals surface area (Å²) in [5.74, 6) is 0.503. The zero-order chi connectivity index (χ0) is 13.1. The number of hydrogen-bond acceptors (Lipinski definition) is 3. The molecule has 0 atom stereocenters. The summed E-state index contributed by atoms with van der Waals surface area (Å²) in [4.78, 5) is 4.14. The van der Waals surface area contributed by atoms with Crippen molar-refractivity contribution in [1.82, 2.24) is 9.55 Å². The van der Waals surface area contributed by atoms with E-state index in [1.807, 2.05) is 6.92 Å². The molecule has 96 valence electrons. The number of nitrogens with zero attached hydrogens (tertiary/aromatic N) is 2. The molecule has 0 fully saturated rings. The highest BCUT2D eigenvalue weighted by Crippen LogP contribution is 2.33. The monoisotopic (exact) mass is 253 g/mol. The lowest BCUT2D eigenvalue weighted by Crippen LogP contribution is -2.04. The van der Waals surface area contributed by atoms with Gasteiger partial charge in [-0.3, -0.25) is 0 Å². The van der Waals surface area contributed by atoms with Crippen molar-refractivity contribution in [3.05, 3.63) is 30.6 Å². The largest absolute Gasteiger partial charge is 0.434 e. The number of hydrogen-bond donors (Lipinski definition) is 1. The smallest absolute Gasteiger partial charge is 0.387 e. The maximum Gasteiger partial charge on any atom is 0.387 e. The number of halogens is 2. The van der Waals surface area contributed by atoms with Crippen LogP contribution in [0.5, 0.6) is 5.75 Å². The van der Waals surface area contributed by atoms with Crippen molar-refractivity contribution in [3.63, 3.8) is 0 Å². The van der Waals surface area contributed by atoms with Crippen molar-refractivity contribution in [1.29, 1.82) is 0 Å². The van der Waals surface area contributed by atoms with Gasteiger partial charge in [0.25, 0.3) is 0 Å². The summed E-state index contributed by atoms with van der Waals surface area (Å²) >= 11 is 0. The number of nitrogen functional groups attached to an aromatic ring is 1. The Kier molecular flexibility index (Phi) is 3.45. The van der Waals surface area contributed by atoms with Gasteiger partial charge in [0.2, 0.25) is 0 Å². The third kappa shape index (κ3) is 2.27. The first kappa shape index (κ1) is 12.3. The van der Waals surface area contributed by atoms with Gasteiger partial charge in [0, 0.05) is 12.1 Å². The molecule has 0 unspecified atom stereocenters. The fourth-order valence-electron chi connectivity index (χ4n) is 1.71. The Morgan fingerprint density at radius 3 is 2.72 bits per heavy atom. The van der Waals surface area contributed by atoms with E-state index in [1.54, 1.807) is 29.1 Å². The molecule has 2 rings (SSSR count). The van der Waals surface area contributed by atoms with Crippen LogP contribution in [0, 0.1) is 0 Å². The third-order valence-corrected chi connectivity index (χ3v) is 2.58. The van der Waals surface area contributed by atoms with Gasteiger partial charge in [-0.25, -0.2) is 4.98 Å². The van der Waals surface area contributed by atoms with E-state index in [-0.39, 0.29) is 5.75 Å². The highest BCUT2D eigenvalue weighted by molar-refractivity contribution is 5.75. The lowest BCUT2D eigenvalue weighted by molar-refractivity contribution is -0.0494. The molecular weight excluding hydrogens is 240 g/mol. The number of rotatable bonds is 4. The van der Waals surface area contributed by atoms with E-state index >= 15 is 0 Å². The van der Waals surface area contributed by atoms with E-state index < -0.39 is 6.61 Å². The Morgan fingerprint density at radius 2 is 2.11 bits per heavy atom. The molecule has 0 aliphatic rings. The van der Waals surface area contributed by atoms with Gasteiger partial charge in [0.15, 0.2) is 0 Å². The normalized spacial score (nSPS) is 10.9. The van der Waals surface area contributed by atoms with Gasteiger partial charge in [0.1, 0.15) is 17.3 Å². The molecule has 6 heteroatoms. The minimum atomic E-state index is -2.87. The molecule has 0 saturated carbocycles. The maximum atomic E-state index is 12.3. The average molecular weight is 253 g/mol. The van der Waals surface area contributed by atoms with Crippen LogP contribution in [0.3, 0.4) is 0 Å². The SMILES string of the molecule is CCn1cnc(-c2ccccc2OC(F)F)c1N. The average Bonchev–Trinajstić information content (AvgIpc) is 2.70. The maximum absolute atomic E-state index is 12.3. The lowest BCUT2D eigenvalue weighted by Gasteiger charge is -2.09. The molecule has 1 aromatic heterocycles. The van der Waals surface area contributed by atoms with Crippen molar-refractivity contribution in [2.45, 2.75) is 20.1 Å². The van der Waals surface area contributed by atoms with Gasteiger partial charge in [-0.05, 0) is 19.1 Å². The summed E-state index contributed by atoms with van der Waals surface area (Å²) in [5.41, 5.74) is 6.82. The molecule has 18 heavy (non-hydrogen) atoms. The van der Waals surface area contributed by atoms with Crippen LogP contribution in [0.2, 0.25) is 0 Å². The first-order valence-electron chi connectivity index (χ1n) is 5.48. The van der Waals surface area contributed by atoms with Gasteiger partial charge in [-0.2, -0.15) is 8.78 Å². The highest BCUT2D eigenvalue weighted by atomic mass is 19.3. The van der Waals surface area contributed by atoms with Gasteiger partial charge in [0.05, 0.1) is 6.33 Å². The number of anilines is 1. The Bertz CT molecular complexity index is 540. The summed E-state index contributed by atoms with van der Waals surface area (Å²) < 4.78 is 30.8. The molecule has 1 heterocycles. The quantitative estimate of drug-likeness (QED) is 0.911. The first-order chi connectivity index (χ1) is 8.63. The summed E-state index contributed by atoms with van der Waals surface area (Å²) in [6.45, 7) is -0.291. The highest BCUT2D eigenvalue weighted by Gasteiger charge is 2.15. The summed E-state index contributed by atoms with van der Waals surface area (Å²) in [5, 5.41) is 0. The second kappa shape index (κ2) is 5.03. The second-order valence-electron chi connectivity index (χ2n) is 3.64. The molecule has 2 N–H and O–H groups in total. The summed E-state index contributed by atoms with van der Waals surface area (Å²) in [7, 11) is 0. The molecule has 0 saturated heterocycles. The number of para-hydroxylation sites is 1. The predicted octanol–water partition coefficient (Wildman–Crippen LogP) is 2.75. The Morgan fingerprint density at radius 1 is 1.39 bits per heavy atom. The second-order valence-corrected chi connectivity index (χ2v) is 3.64. The Labute approximate surface area is 103 Å². The van der Waals surface area contributed by atoms with Gasteiger partial charge in [-0.15, -0.1) is 0 Å². The first-order valence-corrected chi connectivity index (χ1v) is 5.48. The molecule has 0 aliphatic carbocycles. The molecule has 0 aliphatic heterocycles. The van der Waals surface area contributed by atoms with Crippen LogP contribution < -0.4 is 10.5 Å². The molecule has 0 bridgehead atoms. The van der Waals surface area contributed by atoms with Crippen LogP contribution in [0.1, 0.15) is 6.92 Å². The van der Waals surface area contributed by atoms with Crippen LogP contribution in [0.15, 0.2) is 30.6 Å². The molecule has 0 radical (unpaired) electrons. The number of imidazole rings is 1. The number of aromatic nitrogens is 2.